The highest BCUT2D eigenvalue weighted by atomic mass is 15.8. The molecule has 3 rings (SSSR count). The summed E-state index contributed by atoms with van der Waals surface area (Å²) in [6.07, 6.45) is 8.80. The van der Waals surface area contributed by atoms with Crippen molar-refractivity contribution in [2.75, 3.05) is 7.05 Å². The van der Waals surface area contributed by atoms with Gasteiger partial charge in [0.2, 0.25) is 0 Å². The van der Waals surface area contributed by atoms with Crippen molar-refractivity contribution in [2.24, 2.45) is 11.6 Å². The number of hydrogen-bond donors (Lipinski definition) is 2. The van der Waals surface area contributed by atoms with Crippen LogP contribution in [-0.2, 0) is 0 Å². The first-order chi connectivity index (χ1) is 10.7. The summed E-state index contributed by atoms with van der Waals surface area (Å²) >= 11 is 0. The molecule has 0 fully saturated rings. The Kier molecular flexibility index (Phi) is 3.97. The molecule has 6 heteroatoms. The molecule has 1 aliphatic heterocycles. The Bertz CT molecular complexity index is 693. The molecule has 1 unspecified atom stereocenters. The predicted octanol–water partition coefficient (Wildman–Crippen LogP) is 1.22. The Balaban J connectivity index is 2.06. The Labute approximate surface area is 129 Å². The van der Waals surface area contributed by atoms with Crippen molar-refractivity contribution in [3.8, 4) is 0 Å². The highest BCUT2D eigenvalue weighted by Gasteiger charge is 2.28. The average Bonchev–Trinajstić information content (AvgIpc) is 2.55. The first kappa shape index (κ1) is 14.4. The first-order valence-corrected chi connectivity index (χ1v) is 6.95. The molecule has 1 aliphatic rings. The maximum Gasteiger partial charge on any atom is 0.122 e. The van der Waals surface area contributed by atoms with Crippen LogP contribution in [0.2, 0.25) is 0 Å². The van der Waals surface area contributed by atoms with Crippen LogP contribution in [0.3, 0.4) is 0 Å². The monoisotopic (exact) mass is 294 g/mol. The summed E-state index contributed by atoms with van der Waals surface area (Å²) in [7, 11) is 1.76. The molecule has 112 valence electrons. The van der Waals surface area contributed by atoms with E-state index in [1.54, 1.807) is 25.6 Å². The highest BCUT2D eigenvalue weighted by molar-refractivity contribution is 5.78. The third-order valence-electron chi connectivity index (χ3n) is 3.53. The van der Waals surface area contributed by atoms with E-state index in [0.29, 0.717) is 0 Å². The summed E-state index contributed by atoms with van der Waals surface area (Å²) in [6, 6.07) is 9.60. The van der Waals surface area contributed by atoms with Crippen LogP contribution >= 0.6 is 0 Å². The van der Waals surface area contributed by atoms with Gasteiger partial charge >= 0.3 is 0 Å². The standard InChI is InChI=1S/C16H18N6/c1-21(18)22-15(12-7-10-19-11-8-12)6-5-13(16(22)17)14-4-2-3-9-20-14/h2-11,16H,17-18H2,1H3. The van der Waals surface area contributed by atoms with Crippen LogP contribution < -0.4 is 11.6 Å². The Hall–Kier alpha value is -2.54. The van der Waals surface area contributed by atoms with Crippen LogP contribution in [0.5, 0.6) is 0 Å². The fourth-order valence-electron chi connectivity index (χ4n) is 2.51. The van der Waals surface area contributed by atoms with Gasteiger partial charge in [0.1, 0.15) is 6.17 Å². The molecule has 0 aromatic carbocycles. The Morgan fingerprint density at radius 2 is 1.86 bits per heavy atom. The highest BCUT2D eigenvalue weighted by Crippen LogP contribution is 2.30. The summed E-state index contributed by atoms with van der Waals surface area (Å²) < 4.78 is 0. The minimum Gasteiger partial charge on any atom is -0.306 e. The lowest BCUT2D eigenvalue weighted by Gasteiger charge is -2.40. The van der Waals surface area contributed by atoms with E-state index >= 15 is 0 Å². The van der Waals surface area contributed by atoms with Gasteiger partial charge in [0.15, 0.2) is 0 Å². The van der Waals surface area contributed by atoms with E-state index in [1.807, 2.05) is 47.5 Å². The van der Waals surface area contributed by atoms with Gasteiger partial charge in [-0.3, -0.25) is 20.8 Å². The second kappa shape index (κ2) is 6.07. The van der Waals surface area contributed by atoms with Gasteiger partial charge in [-0.15, -0.1) is 0 Å². The SMILES string of the molecule is CN(N)N1C(c2ccncc2)=CC=C(c2ccccn2)C1N. The van der Waals surface area contributed by atoms with E-state index in [-0.39, 0.29) is 0 Å². The molecule has 0 aliphatic carbocycles. The van der Waals surface area contributed by atoms with E-state index in [2.05, 4.69) is 9.97 Å². The van der Waals surface area contributed by atoms with Crippen molar-refractivity contribution >= 4 is 11.3 Å². The number of nitrogens with zero attached hydrogens (tertiary/aromatic N) is 4. The van der Waals surface area contributed by atoms with Gasteiger partial charge < -0.3 is 5.73 Å². The Morgan fingerprint density at radius 1 is 1.09 bits per heavy atom. The molecule has 2 aromatic heterocycles. The molecule has 22 heavy (non-hydrogen) atoms. The molecule has 0 saturated carbocycles. The maximum absolute atomic E-state index is 6.42. The summed E-state index contributed by atoms with van der Waals surface area (Å²) in [4.78, 5) is 8.42. The van der Waals surface area contributed by atoms with Gasteiger partial charge in [0.05, 0.1) is 11.4 Å². The third-order valence-corrected chi connectivity index (χ3v) is 3.53. The normalized spacial score (nSPS) is 18.2. The molecule has 1 atom stereocenters. The van der Waals surface area contributed by atoms with Crippen molar-refractivity contribution < 1.29 is 0 Å². The summed E-state index contributed by atoms with van der Waals surface area (Å²) in [5.74, 6) is 6.00. The molecule has 0 bridgehead atoms. The van der Waals surface area contributed by atoms with Crippen LogP contribution in [-0.4, -0.2) is 33.3 Å². The molecule has 3 heterocycles. The molecular formula is C16H18N6. The summed E-state index contributed by atoms with van der Waals surface area (Å²) in [5.41, 5.74) is 10.1. The zero-order valence-corrected chi connectivity index (χ0v) is 12.3. The number of pyridine rings is 2. The predicted molar refractivity (Wildman–Crippen MR) is 86.2 cm³/mol. The van der Waals surface area contributed by atoms with Gasteiger partial charge in [-0.2, -0.15) is 5.12 Å². The second-order valence-electron chi connectivity index (χ2n) is 4.99. The molecular weight excluding hydrogens is 276 g/mol. The minimum atomic E-state index is -0.418. The van der Waals surface area contributed by atoms with Crippen molar-refractivity contribution in [1.29, 1.82) is 0 Å². The number of rotatable bonds is 3. The van der Waals surface area contributed by atoms with Crippen LogP contribution in [0.15, 0.2) is 61.1 Å². The second-order valence-corrected chi connectivity index (χ2v) is 4.99. The van der Waals surface area contributed by atoms with E-state index in [4.69, 9.17) is 11.6 Å². The van der Waals surface area contributed by atoms with Gasteiger partial charge in [-0.1, -0.05) is 12.1 Å². The summed E-state index contributed by atoms with van der Waals surface area (Å²) in [5, 5.41) is 3.33. The van der Waals surface area contributed by atoms with E-state index in [9.17, 15) is 0 Å². The smallest absolute Gasteiger partial charge is 0.122 e. The molecule has 0 spiro atoms. The molecule has 4 N–H and O–H groups in total. The maximum atomic E-state index is 6.42. The van der Waals surface area contributed by atoms with Crippen molar-refractivity contribution in [1.82, 2.24) is 20.1 Å². The quantitative estimate of drug-likeness (QED) is 0.654. The number of nitrogens with two attached hydrogens (primary N) is 2. The van der Waals surface area contributed by atoms with Crippen LogP contribution in [0.4, 0.5) is 0 Å². The average molecular weight is 294 g/mol. The van der Waals surface area contributed by atoms with Crippen molar-refractivity contribution in [3.63, 3.8) is 0 Å². The molecule has 2 aromatic rings. The van der Waals surface area contributed by atoms with E-state index < -0.39 is 6.17 Å². The lowest BCUT2D eigenvalue weighted by Crippen LogP contribution is -2.54. The van der Waals surface area contributed by atoms with Crippen LogP contribution in [0.25, 0.3) is 11.3 Å². The zero-order chi connectivity index (χ0) is 15.5. The van der Waals surface area contributed by atoms with Gasteiger partial charge in [-0.25, -0.2) is 0 Å². The van der Waals surface area contributed by atoms with Gasteiger partial charge in [-0.05, 0) is 30.3 Å². The zero-order valence-electron chi connectivity index (χ0n) is 12.3. The van der Waals surface area contributed by atoms with E-state index in [1.165, 1.54) is 5.12 Å². The van der Waals surface area contributed by atoms with Crippen LogP contribution in [0.1, 0.15) is 11.3 Å². The van der Waals surface area contributed by atoms with Crippen LogP contribution in [0, 0.1) is 0 Å². The molecule has 0 radical (unpaired) electrons. The number of allylic oxidation sites excluding steroid dienone is 2. The third kappa shape index (κ3) is 2.62. The fourth-order valence-corrected chi connectivity index (χ4v) is 2.51. The Morgan fingerprint density at radius 3 is 2.50 bits per heavy atom. The van der Waals surface area contributed by atoms with E-state index in [0.717, 1.165) is 22.5 Å². The number of hydrogen-bond acceptors (Lipinski definition) is 6. The molecule has 0 saturated heterocycles. The van der Waals surface area contributed by atoms with Gasteiger partial charge in [0.25, 0.3) is 0 Å². The summed E-state index contributed by atoms with van der Waals surface area (Å²) in [6.45, 7) is 0. The molecule has 0 amide bonds. The number of hydrazine groups is 2. The minimum absolute atomic E-state index is 0.418. The lowest BCUT2D eigenvalue weighted by molar-refractivity contribution is 0.0428. The number of aromatic nitrogens is 2. The fraction of sp³-hybridized carbons (Fsp3) is 0.125. The van der Waals surface area contributed by atoms with Crippen molar-refractivity contribution in [3.05, 3.63) is 72.3 Å². The lowest BCUT2D eigenvalue weighted by atomic mass is 10.0. The van der Waals surface area contributed by atoms with Crippen molar-refractivity contribution in [2.45, 2.75) is 6.17 Å². The largest absolute Gasteiger partial charge is 0.306 e. The topological polar surface area (TPSA) is 84.3 Å². The molecule has 6 nitrogen and oxygen atoms in total. The van der Waals surface area contributed by atoms with Gasteiger partial charge in [0, 0.05) is 36.8 Å². The first-order valence-electron chi connectivity index (χ1n) is 6.95.